The summed E-state index contributed by atoms with van der Waals surface area (Å²) < 4.78 is 4.60. The van der Waals surface area contributed by atoms with Gasteiger partial charge in [0.1, 0.15) is 0 Å². The van der Waals surface area contributed by atoms with Crippen molar-refractivity contribution in [2.24, 2.45) is 0 Å². The molecule has 0 atom stereocenters. The number of halogens is 1. The van der Waals surface area contributed by atoms with E-state index < -0.39 is 11.9 Å². The molecule has 0 aliphatic heterocycles. The molecule has 0 aromatic heterocycles. The first-order valence-electron chi connectivity index (χ1n) is 5.83. The van der Waals surface area contributed by atoms with Crippen molar-refractivity contribution in [1.82, 2.24) is 0 Å². The summed E-state index contributed by atoms with van der Waals surface area (Å²) in [5, 5.41) is 11.4. The number of carboxylic acid groups (broad SMARTS) is 1. The molecule has 20 heavy (non-hydrogen) atoms. The Balaban J connectivity index is 2.74. The Morgan fingerprint density at radius 1 is 1.30 bits per heavy atom. The number of rotatable bonds is 6. The van der Waals surface area contributed by atoms with Crippen LogP contribution in [0.3, 0.4) is 0 Å². The maximum atomic E-state index is 11.7. The Morgan fingerprint density at radius 3 is 2.60 bits per heavy atom. The summed E-state index contributed by atoms with van der Waals surface area (Å²) in [6.07, 6.45) is 0.190. The average molecular weight is 300 g/mol. The minimum absolute atomic E-state index is 0.0511. The van der Waals surface area contributed by atoms with Gasteiger partial charge in [0, 0.05) is 17.9 Å². The van der Waals surface area contributed by atoms with Gasteiger partial charge >= 0.3 is 11.9 Å². The van der Waals surface area contributed by atoms with Crippen LogP contribution in [0.2, 0.25) is 5.02 Å². The maximum absolute atomic E-state index is 11.7. The zero-order valence-corrected chi connectivity index (χ0v) is 11.6. The van der Waals surface area contributed by atoms with Gasteiger partial charge < -0.3 is 15.2 Å². The van der Waals surface area contributed by atoms with Gasteiger partial charge in [0.15, 0.2) is 0 Å². The normalized spacial score (nSPS) is 9.90. The first-order chi connectivity index (χ1) is 9.43. The van der Waals surface area contributed by atoms with Crippen LogP contribution in [-0.4, -0.2) is 30.1 Å². The van der Waals surface area contributed by atoms with Gasteiger partial charge in [0.2, 0.25) is 5.91 Å². The molecule has 0 aliphatic rings. The van der Waals surface area contributed by atoms with E-state index in [-0.39, 0.29) is 36.4 Å². The molecule has 1 aromatic rings. The zero-order chi connectivity index (χ0) is 15.1. The van der Waals surface area contributed by atoms with Crippen LogP contribution in [0.1, 0.15) is 29.6 Å². The summed E-state index contributed by atoms with van der Waals surface area (Å²) in [4.78, 5) is 33.6. The molecule has 0 aliphatic carbocycles. The van der Waals surface area contributed by atoms with Crippen molar-refractivity contribution in [3.8, 4) is 0 Å². The molecule has 0 spiro atoms. The largest absolute Gasteiger partial charge is 0.481 e. The number of carbonyl (C=O) groups is 3. The van der Waals surface area contributed by atoms with Crippen molar-refractivity contribution in [2.45, 2.75) is 19.3 Å². The van der Waals surface area contributed by atoms with Crippen LogP contribution >= 0.6 is 11.6 Å². The van der Waals surface area contributed by atoms with E-state index in [1.54, 1.807) is 0 Å². The lowest BCUT2D eigenvalue weighted by atomic mass is 10.1. The van der Waals surface area contributed by atoms with Crippen molar-refractivity contribution in [2.75, 3.05) is 12.4 Å². The number of aliphatic carboxylic acids is 1. The van der Waals surface area contributed by atoms with Gasteiger partial charge in [-0.1, -0.05) is 11.6 Å². The topological polar surface area (TPSA) is 92.7 Å². The second-order valence-electron chi connectivity index (χ2n) is 3.98. The molecule has 7 heteroatoms. The molecule has 108 valence electrons. The smallest absolute Gasteiger partial charge is 0.340 e. The molecular formula is C13H14ClNO5. The molecule has 1 aromatic carbocycles. The van der Waals surface area contributed by atoms with Crippen LogP contribution in [0.25, 0.3) is 0 Å². The van der Waals surface area contributed by atoms with Gasteiger partial charge in [0.25, 0.3) is 0 Å². The number of carboxylic acids is 1. The molecule has 0 saturated heterocycles. The van der Waals surface area contributed by atoms with Gasteiger partial charge in [0.05, 0.1) is 18.4 Å². The van der Waals surface area contributed by atoms with Crippen LogP contribution in [-0.2, 0) is 14.3 Å². The monoisotopic (exact) mass is 299 g/mol. The van der Waals surface area contributed by atoms with Gasteiger partial charge in [-0.2, -0.15) is 0 Å². The fraction of sp³-hybridized carbons (Fsp3) is 0.308. The molecule has 0 radical (unpaired) electrons. The third kappa shape index (κ3) is 4.89. The number of ether oxygens (including phenoxy) is 1. The van der Waals surface area contributed by atoms with Crippen LogP contribution < -0.4 is 5.32 Å². The third-order valence-corrected chi connectivity index (χ3v) is 2.69. The van der Waals surface area contributed by atoms with E-state index in [1.165, 1.54) is 25.3 Å². The van der Waals surface area contributed by atoms with E-state index in [0.29, 0.717) is 5.02 Å². The Kier molecular flexibility index (Phi) is 5.99. The minimum atomic E-state index is -0.959. The molecule has 0 saturated carbocycles. The van der Waals surface area contributed by atoms with Gasteiger partial charge in [-0.3, -0.25) is 9.59 Å². The maximum Gasteiger partial charge on any atom is 0.340 e. The fourth-order valence-electron chi connectivity index (χ4n) is 1.52. The van der Waals surface area contributed by atoms with Crippen molar-refractivity contribution < 1.29 is 24.2 Å². The van der Waals surface area contributed by atoms with Crippen LogP contribution in [0, 0.1) is 0 Å². The Morgan fingerprint density at radius 2 is 2.00 bits per heavy atom. The summed E-state index contributed by atoms with van der Waals surface area (Å²) in [5.74, 6) is -1.95. The zero-order valence-electron chi connectivity index (χ0n) is 10.8. The highest BCUT2D eigenvalue weighted by Crippen LogP contribution is 2.21. The molecule has 1 rings (SSSR count). The lowest BCUT2D eigenvalue weighted by molar-refractivity contribution is -0.137. The first-order valence-corrected chi connectivity index (χ1v) is 6.21. The second-order valence-corrected chi connectivity index (χ2v) is 4.41. The van der Waals surface area contributed by atoms with Crippen LogP contribution in [0.15, 0.2) is 18.2 Å². The predicted octanol–water partition coefficient (Wildman–Crippen LogP) is 2.32. The van der Waals surface area contributed by atoms with E-state index >= 15 is 0 Å². The third-order valence-electron chi connectivity index (χ3n) is 2.46. The van der Waals surface area contributed by atoms with E-state index in [1.807, 2.05) is 0 Å². The molecule has 0 bridgehead atoms. The van der Waals surface area contributed by atoms with E-state index in [0.717, 1.165) is 0 Å². The van der Waals surface area contributed by atoms with Gasteiger partial charge in [-0.25, -0.2) is 4.79 Å². The minimum Gasteiger partial charge on any atom is -0.481 e. The summed E-state index contributed by atoms with van der Waals surface area (Å²) in [5.41, 5.74) is 0.424. The highest BCUT2D eigenvalue weighted by molar-refractivity contribution is 6.31. The summed E-state index contributed by atoms with van der Waals surface area (Å²) >= 11 is 5.79. The molecule has 2 N–H and O–H groups in total. The number of amides is 1. The number of hydrogen-bond donors (Lipinski definition) is 2. The van der Waals surface area contributed by atoms with Crippen molar-refractivity contribution >= 4 is 35.1 Å². The number of benzene rings is 1. The van der Waals surface area contributed by atoms with Crippen LogP contribution in [0.4, 0.5) is 5.69 Å². The van der Waals surface area contributed by atoms with E-state index in [4.69, 9.17) is 16.7 Å². The lowest BCUT2D eigenvalue weighted by Gasteiger charge is -2.10. The van der Waals surface area contributed by atoms with Gasteiger partial charge in [-0.05, 0) is 24.6 Å². The quantitative estimate of drug-likeness (QED) is 0.786. The Labute approximate surface area is 120 Å². The van der Waals surface area contributed by atoms with Crippen molar-refractivity contribution in [1.29, 1.82) is 0 Å². The Hall–Kier alpha value is -2.08. The van der Waals surface area contributed by atoms with E-state index in [2.05, 4.69) is 10.1 Å². The molecule has 1 amide bonds. The summed E-state index contributed by atoms with van der Waals surface area (Å²) in [6, 6.07) is 4.41. The summed E-state index contributed by atoms with van der Waals surface area (Å²) in [6.45, 7) is 0. The number of hydrogen-bond acceptors (Lipinski definition) is 4. The number of carbonyl (C=O) groups excluding carboxylic acids is 2. The highest BCUT2D eigenvalue weighted by Gasteiger charge is 2.14. The SMILES string of the molecule is COC(=O)c1cc(Cl)ccc1NC(=O)CCCC(=O)O. The standard InChI is InChI=1S/C13H14ClNO5/c1-20-13(19)9-7-8(14)5-6-10(9)15-11(16)3-2-4-12(17)18/h5-7H,2-4H2,1H3,(H,15,16)(H,17,18). The molecular weight excluding hydrogens is 286 g/mol. The van der Waals surface area contributed by atoms with E-state index in [9.17, 15) is 14.4 Å². The number of methoxy groups -OCH3 is 1. The molecule has 0 unspecified atom stereocenters. The average Bonchev–Trinajstić information content (AvgIpc) is 2.39. The Bertz CT molecular complexity index is 529. The number of esters is 1. The molecule has 0 fully saturated rings. The predicted molar refractivity (Wildman–Crippen MR) is 72.9 cm³/mol. The second kappa shape index (κ2) is 7.49. The van der Waals surface area contributed by atoms with Crippen molar-refractivity contribution in [3.05, 3.63) is 28.8 Å². The summed E-state index contributed by atoms with van der Waals surface area (Å²) in [7, 11) is 1.22. The number of nitrogens with one attached hydrogen (secondary N) is 1. The van der Waals surface area contributed by atoms with Gasteiger partial charge in [-0.15, -0.1) is 0 Å². The molecule has 6 nitrogen and oxygen atoms in total. The lowest BCUT2D eigenvalue weighted by Crippen LogP contribution is -2.15. The fourth-order valence-corrected chi connectivity index (χ4v) is 1.69. The first kappa shape index (κ1) is 16.0. The highest BCUT2D eigenvalue weighted by atomic mass is 35.5. The van der Waals surface area contributed by atoms with Crippen LogP contribution in [0.5, 0.6) is 0 Å². The molecule has 0 heterocycles. The van der Waals surface area contributed by atoms with Crippen molar-refractivity contribution in [3.63, 3.8) is 0 Å². The number of anilines is 1.